The number of rotatable bonds is 4. The van der Waals surface area contributed by atoms with Crippen LogP contribution in [0.3, 0.4) is 0 Å². The molecule has 1 aliphatic rings. The largest absolute Gasteiger partial charge is 0.493 e. The summed E-state index contributed by atoms with van der Waals surface area (Å²) in [5.41, 5.74) is 4.98. The molecule has 4 nitrogen and oxygen atoms in total. The summed E-state index contributed by atoms with van der Waals surface area (Å²) in [6.45, 7) is 1.98. The monoisotopic (exact) mass is 398 g/mol. The third kappa shape index (κ3) is 3.99. The molecule has 0 aromatic heterocycles. The molecule has 0 saturated carbocycles. The van der Waals surface area contributed by atoms with E-state index in [4.69, 9.17) is 9.47 Å². The molecule has 0 fully saturated rings. The molecule has 0 unspecified atom stereocenters. The van der Waals surface area contributed by atoms with Crippen molar-refractivity contribution >= 4 is 33.4 Å². The highest BCUT2D eigenvalue weighted by Gasteiger charge is 2.17. The van der Waals surface area contributed by atoms with Crippen molar-refractivity contribution in [2.45, 2.75) is 13.3 Å². The fourth-order valence-electron chi connectivity index (χ4n) is 2.68. The number of nitrogens with zero attached hydrogens (tertiary/aromatic N) is 2. The first kappa shape index (κ1) is 17.4. The van der Waals surface area contributed by atoms with Crippen LogP contribution in [0.5, 0.6) is 11.5 Å². The van der Waals surface area contributed by atoms with E-state index < -0.39 is 0 Å². The molecule has 0 spiro atoms. The van der Waals surface area contributed by atoms with Gasteiger partial charge in [-0.2, -0.15) is 10.2 Å². The van der Waals surface area contributed by atoms with Gasteiger partial charge in [-0.1, -0.05) is 34.1 Å². The van der Waals surface area contributed by atoms with E-state index in [-0.39, 0.29) is 0 Å². The van der Waals surface area contributed by atoms with Gasteiger partial charge in [0.15, 0.2) is 11.5 Å². The van der Waals surface area contributed by atoms with Crippen molar-refractivity contribution in [1.82, 2.24) is 0 Å². The summed E-state index contributed by atoms with van der Waals surface area (Å²) in [6, 6.07) is 12.1. The predicted molar refractivity (Wildman–Crippen MR) is 106 cm³/mol. The lowest BCUT2D eigenvalue weighted by Gasteiger charge is -2.13. The third-order valence-corrected chi connectivity index (χ3v) is 4.49. The Balaban J connectivity index is 2.03. The fourth-order valence-corrected chi connectivity index (χ4v) is 2.95. The van der Waals surface area contributed by atoms with E-state index in [2.05, 4.69) is 26.1 Å². The van der Waals surface area contributed by atoms with Crippen LogP contribution in [0.25, 0.3) is 6.08 Å². The maximum Gasteiger partial charge on any atom is 0.161 e. The molecule has 0 bridgehead atoms. The van der Waals surface area contributed by atoms with Gasteiger partial charge in [0.05, 0.1) is 19.9 Å². The van der Waals surface area contributed by atoms with Crippen molar-refractivity contribution in [3.8, 4) is 11.5 Å². The summed E-state index contributed by atoms with van der Waals surface area (Å²) in [6.07, 6.45) is 4.74. The van der Waals surface area contributed by atoms with Crippen molar-refractivity contribution in [2.75, 3.05) is 14.2 Å². The van der Waals surface area contributed by atoms with Crippen molar-refractivity contribution in [3.05, 3.63) is 63.6 Å². The fraction of sp³-hybridized carbons (Fsp3) is 0.200. The van der Waals surface area contributed by atoms with E-state index in [9.17, 15) is 0 Å². The average Bonchev–Trinajstić information content (AvgIpc) is 2.78. The van der Waals surface area contributed by atoms with Gasteiger partial charge >= 0.3 is 0 Å². The summed E-state index contributed by atoms with van der Waals surface area (Å²) >= 11 is 3.45. The van der Waals surface area contributed by atoms with Crippen molar-refractivity contribution in [1.29, 1.82) is 0 Å². The van der Waals surface area contributed by atoms with E-state index in [1.165, 1.54) is 0 Å². The van der Waals surface area contributed by atoms with Crippen LogP contribution >= 0.6 is 15.9 Å². The number of methoxy groups -OCH3 is 2. The minimum absolute atomic E-state index is 0.686. The molecule has 0 radical (unpaired) electrons. The van der Waals surface area contributed by atoms with Gasteiger partial charge in [-0.05, 0) is 48.4 Å². The zero-order chi connectivity index (χ0) is 17.8. The van der Waals surface area contributed by atoms with E-state index in [1.54, 1.807) is 14.2 Å². The Morgan fingerprint density at radius 3 is 2.32 bits per heavy atom. The number of fused-ring (bicyclic) bond motifs is 1. The van der Waals surface area contributed by atoms with Crippen molar-refractivity contribution < 1.29 is 9.47 Å². The first-order chi connectivity index (χ1) is 12.1. The number of benzene rings is 2. The second-order valence-corrected chi connectivity index (χ2v) is 6.66. The molecular weight excluding hydrogens is 380 g/mol. The second kappa shape index (κ2) is 7.66. The van der Waals surface area contributed by atoms with Gasteiger partial charge in [-0.3, -0.25) is 0 Å². The summed E-state index contributed by atoms with van der Waals surface area (Å²) in [7, 11) is 3.28. The Morgan fingerprint density at radius 2 is 1.64 bits per heavy atom. The molecular formula is C20H19BrN2O2. The lowest BCUT2D eigenvalue weighted by atomic mass is 9.97. The van der Waals surface area contributed by atoms with Gasteiger partial charge in [0.25, 0.3) is 0 Å². The Labute approximate surface area is 156 Å². The van der Waals surface area contributed by atoms with E-state index in [0.29, 0.717) is 11.5 Å². The molecule has 0 N–H and O–H groups in total. The number of allylic oxidation sites excluding steroid dienone is 1. The minimum Gasteiger partial charge on any atom is -0.493 e. The second-order valence-electron chi connectivity index (χ2n) is 5.75. The standard InChI is InChI=1S/C20H19BrN2O2/c1-13-10-15-11-19(24-2)20(25-3)12-17(15)18(23-22-13)9-6-14-4-7-16(21)8-5-14/h4-9,11-12H,10H2,1-3H3/b9-6+. The first-order valence-electron chi connectivity index (χ1n) is 7.90. The number of ether oxygens (including phenoxy) is 2. The third-order valence-electron chi connectivity index (χ3n) is 3.96. The Bertz CT molecular complexity index is 868. The highest BCUT2D eigenvalue weighted by Crippen LogP contribution is 2.32. The van der Waals surface area contributed by atoms with Crippen molar-refractivity contribution in [2.24, 2.45) is 10.2 Å². The van der Waals surface area contributed by atoms with Gasteiger partial charge < -0.3 is 9.47 Å². The molecule has 25 heavy (non-hydrogen) atoms. The summed E-state index contributed by atoms with van der Waals surface area (Å²) in [5, 5.41) is 8.74. The minimum atomic E-state index is 0.686. The van der Waals surface area contributed by atoms with Crippen LogP contribution in [-0.2, 0) is 6.42 Å². The SMILES string of the molecule is COc1cc2c(cc1OC)C(/C=C/c1ccc(Br)cc1)=NN=C(C)C2. The molecule has 2 aromatic carbocycles. The van der Waals surface area contributed by atoms with Gasteiger partial charge in [0.1, 0.15) is 0 Å². The smallest absolute Gasteiger partial charge is 0.161 e. The van der Waals surface area contributed by atoms with Crippen LogP contribution in [-0.4, -0.2) is 25.6 Å². The molecule has 1 aliphatic heterocycles. The lowest BCUT2D eigenvalue weighted by molar-refractivity contribution is 0.354. The molecule has 0 atom stereocenters. The zero-order valence-corrected chi connectivity index (χ0v) is 16.0. The number of hydrogen-bond acceptors (Lipinski definition) is 4. The molecule has 3 rings (SSSR count). The van der Waals surface area contributed by atoms with Gasteiger partial charge in [0.2, 0.25) is 0 Å². The maximum atomic E-state index is 5.45. The van der Waals surface area contributed by atoms with Crippen LogP contribution in [0.15, 0.2) is 57.1 Å². The molecule has 5 heteroatoms. The Morgan fingerprint density at radius 1 is 0.960 bits per heavy atom. The summed E-state index contributed by atoms with van der Waals surface area (Å²) in [5.74, 6) is 1.40. The molecule has 2 aromatic rings. The molecule has 0 saturated heterocycles. The Kier molecular flexibility index (Phi) is 5.34. The van der Waals surface area contributed by atoms with Crippen LogP contribution in [0.1, 0.15) is 23.6 Å². The quantitative estimate of drug-likeness (QED) is 0.734. The topological polar surface area (TPSA) is 43.2 Å². The van der Waals surface area contributed by atoms with Gasteiger partial charge in [0, 0.05) is 22.2 Å². The Hall–Kier alpha value is -2.40. The van der Waals surface area contributed by atoms with E-state index in [0.717, 1.165) is 39.0 Å². The van der Waals surface area contributed by atoms with Gasteiger partial charge in [-0.15, -0.1) is 0 Å². The van der Waals surface area contributed by atoms with E-state index in [1.807, 2.05) is 55.5 Å². The van der Waals surface area contributed by atoms with Crippen molar-refractivity contribution in [3.63, 3.8) is 0 Å². The van der Waals surface area contributed by atoms with E-state index >= 15 is 0 Å². The average molecular weight is 399 g/mol. The predicted octanol–water partition coefficient (Wildman–Crippen LogP) is 4.90. The highest BCUT2D eigenvalue weighted by atomic mass is 79.9. The van der Waals surface area contributed by atoms with Gasteiger partial charge in [-0.25, -0.2) is 0 Å². The van der Waals surface area contributed by atoms with Crippen LogP contribution in [0.2, 0.25) is 0 Å². The first-order valence-corrected chi connectivity index (χ1v) is 8.70. The lowest BCUT2D eigenvalue weighted by Crippen LogP contribution is -2.05. The van der Waals surface area contributed by atoms with Crippen LogP contribution in [0.4, 0.5) is 0 Å². The zero-order valence-electron chi connectivity index (χ0n) is 14.4. The highest BCUT2D eigenvalue weighted by molar-refractivity contribution is 9.10. The van der Waals surface area contributed by atoms with Crippen LogP contribution in [0, 0.1) is 0 Å². The molecule has 1 heterocycles. The maximum absolute atomic E-state index is 5.45. The number of hydrogen-bond donors (Lipinski definition) is 0. The normalized spacial score (nSPS) is 13.8. The molecule has 0 amide bonds. The number of halogens is 1. The summed E-state index contributed by atoms with van der Waals surface area (Å²) in [4.78, 5) is 0. The molecule has 0 aliphatic carbocycles. The molecule has 128 valence electrons. The van der Waals surface area contributed by atoms with Crippen LogP contribution < -0.4 is 9.47 Å². The summed E-state index contributed by atoms with van der Waals surface area (Å²) < 4.78 is 11.9.